The molecule has 1 aliphatic heterocycles. The van der Waals surface area contributed by atoms with Crippen LogP contribution in [0.3, 0.4) is 0 Å². The zero-order chi connectivity index (χ0) is 21.3. The largest absolute Gasteiger partial charge is 0.460 e. The molecule has 0 aliphatic carbocycles. The Morgan fingerprint density at radius 2 is 2.00 bits per heavy atom. The number of esters is 2. The van der Waals surface area contributed by atoms with E-state index < -0.39 is 29.6 Å². The number of amides is 1. The first-order valence-electron chi connectivity index (χ1n) is 9.41. The molecule has 1 N–H and O–H groups in total. The molecule has 0 bridgehead atoms. The molecule has 1 amide bonds. The van der Waals surface area contributed by atoms with Crippen LogP contribution in [0.1, 0.15) is 40.9 Å². The minimum atomic E-state index is -0.876. The summed E-state index contributed by atoms with van der Waals surface area (Å²) in [7, 11) is 0. The number of carbonyl (C=O) groups excluding carboxylic acids is 3. The molecule has 0 fully saturated rings. The molecule has 1 aliphatic rings. The average Bonchev–Trinajstić information content (AvgIpc) is 3.10. The minimum Gasteiger partial charge on any atom is -0.460 e. The van der Waals surface area contributed by atoms with Gasteiger partial charge in [0.2, 0.25) is 11.7 Å². The average molecular weight is 411 g/mol. The standard InChI is InChI=1S/C22H18FNO6/c1-2-28-22(27)20-16(14-5-3-4-6-18(14)30-20)11-29-21(26)15-10-19(25)24-17-9-12(23)7-8-13(15)17/h3-9,15H,2,10-11H2,1H3,(H,24,25)/t15-/m0/s1. The summed E-state index contributed by atoms with van der Waals surface area (Å²) >= 11 is 0. The van der Waals surface area contributed by atoms with Crippen LogP contribution in [-0.2, 0) is 25.7 Å². The summed E-state index contributed by atoms with van der Waals surface area (Å²) in [5.74, 6) is -3.15. The molecule has 1 atom stereocenters. The first-order valence-corrected chi connectivity index (χ1v) is 9.41. The van der Waals surface area contributed by atoms with E-state index in [1.807, 2.05) is 0 Å². The number of fused-ring (bicyclic) bond motifs is 2. The highest BCUT2D eigenvalue weighted by atomic mass is 19.1. The van der Waals surface area contributed by atoms with E-state index in [1.165, 1.54) is 12.1 Å². The Kier molecular flexibility index (Phi) is 5.22. The van der Waals surface area contributed by atoms with Crippen LogP contribution in [0.15, 0.2) is 46.9 Å². The highest BCUT2D eigenvalue weighted by Crippen LogP contribution is 2.34. The molecule has 0 saturated carbocycles. The van der Waals surface area contributed by atoms with Gasteiger partial charge in [0, 0.05) is 17.5 Å². The molecule has 7 nitrogen and oxygen atoms in total. The van der Waals surface area contributed by atoms with Gasteiger partial charge in [-0.1, -0.05) is 24.3 Å². The molecule has 0 unspecified atom stereocenters. The topological polar surface area (TPSA) is 94.8 Å². The Hall–Kier alpha value is -3.68. The summed E-state index contributed by atoms with van der Waals surface area (Å²) in [6.07, 6.45) is -0.117. The van der Waals surface area contributed by atoms with Crippen LogP contribution in [0, 0.1) is 5.82 Å². The molecule has 0 spiro atoms. The van der Waals surface area contributed by atoms with E-state index in [-0.39, 0.29) is 31.1 Å². The van der Waals surface area contributed by atoms with Crippen molar-refractivity contribution < 1.29 is 32.7 Å². The Balaban J connectivity index is 1.60. The van der Waals surface area contributed by atoms with Gasteiger partial charge in [0.25, 0.3) is 0 Å². The van der Waals surface area contributed by atoms with E-state index in [9.17, 15) is 18.8 Å². The number of rotatable bonds is 5. The molecule has 1 aromatic heterocycles. The second-order valence-electron chi connectivity index (χ2n) is 6.77. The molecule has 0 saturated heterocycles. The smallest absolute Gasteiger partial charge is 0.374 e. The third kappa shape index (κ3) is 3.63. The Morgan fingerprint density at radius 3 is 2.80 bits per heavy atom. The summed E-state index contributed by atoms with van der Waals surface area (Å²) in [6.45, 7) is 1.60. The van der Waals surface area contributed by atoms with Crippen molar-refractivity contribution in [2.75, 3.05) is 11.9 Å². The zero-order valence-electron chi connectivity index (χ0n) is 16.1. The van der Waals surface area contributed by atoms with Gasteiger partial charge in [-0.05, 0) is 30.7 Å². The van der Waals surface area contributed by atoms with Crippen molar-refractivity contribution in [3.63, 3.8) is 0 Å². The number of nitrogens with one attached hydrogen (secondary N) is 1. The van der Waals surface area contributed by atoms with Crippen LogP contribution in [0.5, 0.6) is 0 Å². The van der Waals surface area contributed by atoms with Crippen molar-refractivity contribution in [3.8, 4) is 0 Å². The molecule has 154 valence electrons. The minimum absolute atomic E-state index is 0.0327. The SMILES string of the molecule is CCOC(=O)c1oc2ccccc2c1COC(=O)[C@H]1CC(=O)Nc2cc(F)ccc21. The lowest BCUT2D eigenvalue weighted by Crippen LogP contribution is -2.28. The van der Waals surface area contributed by atoms with E-state index in [4.69, 9.17) is 13.9 Å². The van der Waals surface area contributed by atoms with E-state index in [0.29, 0.717) is 22.1 Å². The van der Waals surface area contributed by atoms with E-state index in [1.54, 1.807) is 31.2 Å². The lowest BCUT2D eigenvalue weighted by Gasteiger charge is -2.24. The van der Waals surface area contributed by atoms with Crippen LogP contribution >= 0.6 is 0 Å². The second-order valence-corrected chi connectivity index (χ2v) is 6.77. The van der Waals surface area contributed by atoms with Crippen LogP contribution in [0.2, 0.25) is 0 Å². The molecule has 2 heterocycles. The third-order valence-electron chi connectivity index (χ3n) is 4.86. The van der Waals surface area contributed by atoms with Crippen LogP contribution in [0.4, 0.5) is 10.1 Å². The van der Waals surface area contributed by atoms with Crippen molar-refractivity contribution in [1.82, 2.24) is 0 Å². The Labute approximate surface area is 170 Å². The predicted octanol–water partition coefficient (Wildman–Crippen LogP) is 3.92. The van der Waals surface area contributed by atoms with Gasteiger partial charge in [0.1, 0.15) is 18.0 Å². The van der Waals surface area contributed by atoms with E-state index >= 15 is 0 Å². The van der Waals surface area contributed by atoms with Crippen molar-refractivity contribution in [3.05, 3.63) is 65.2 Å². The first kappa shape index (κ1) is 19.6. The van der Waals surface area contributed by atoms with Gasteiger partial charge in [-0.15, -0.1) is 0 Å². The molecule has 8 heteroatoms. The molecule has 2 aromatic carbocycles. The molecule has 0 radical (unpaired) electrons. The Bertz CT molecular complexity index is 1150. The normalized spacial score (nSPS) is 15.4. The van der Waals surface area contributed by atoms with Gasteiger partial charge in [-0.3, -0.25) is 9.59 Å². The van der Waals surface area contributed by atoms with Gasteiger partial charge >= 0.3 is 11.9 Å². The highest BCUT2D eigenvalue weighted by molar-refractivity contribution is 6.00. The maximum absolute atomic E-state index is 13.5. The van der Waals surface area contributed by atoms with Gasteiger partial charge < -0.3 is 19.2 Å². The van der Waals surface area contributed by atoms with Gasteiger partial charge in [-0.25, -0.2) is 9.18 Å². The summed E-state index contributed by atoms with van der Waals surface area (Å²) in [5.41, 5.74) is 1.57. The molecule has 3 aromatic rings. The number of para-hydroxylation sites is 1. The predicted molar refractivity (Wildman–Crippen MR) is 104 cm³/mol. The molecule has 30 heavy (non-hydrogen) atoms. The van der Waals surface area contributed by atoms with Gasteiger partial charge in [0.05, 0.1) is 18.1 Å². The second kappa shape index (κ2) is 7.98. The monoisotopic (exact) mass is 411 g/mol. The highest BCUT2D eigenvalue weighted by Gasteiger charge is 2.33. The fraction of sp³-hybridized carbons (Fsp3) is 0.227. The zero-order valence-corrected chi connectivity index (χ0v) is 16.1. The van der Waals surface area contributed by atoms with Gasteiger partial charge in [-0.2, -0.15) is 0 Å². The number of furan rings is 1. The van der Waals surface area contributed by atoms with Crippen LogP contribution in [0.25, 0.3) is 11.0 Å². The number of halogens is 1. The van der Waals surface area contributed by atoms with E-state index in [0.717, 1.165) is 6.07 Å². The Morgan fingerprint density at radius 1 is 1.20 bits per heavy atom. The fourth-order valence-electron chi connectivity index (χ4n) is 3.50. The quantitative estimate of drug-likeness (QED) is 0.640. The van der Waals surface area contributed by atoms with Crippen LogP contribution in [-0.4, -0.2) is 24.5 Å². The fourth-order valence-corrected chi connectivity index (χ4v) is 3.50. The van der Waals surface area contributed by atoms with E-state index in [2.05, 4.69) is 5.32 Å². The summed E-state index contributed by atoms with van der Waals surface area (Å²) in [4.78, 5) is 37.0. The maximum Gasteiger partial charge on any atom is 0.374 e. The molecule has 4 rings (SSSR count). The number of benzene rings is 2. The third-order valence-corrected chi connectivity index (χ3v) is 4.86. The summed E-state index contributed by atoms with van der Waals surface area (Å²) in [6, 6.07) is 10.8. The lowest BCUT2D eigenvalue weighted by atomic mass is 9.90. The number of anilines is 1. The van der Waals surface area contributed by atoms with Crippen molar-refractivity contribution in [2.45, 2.75) is 25.9 Å². The maximum atomic E-state index is 13.5. The number of carbonyl (C=O) groups is 3. The number of ether oxygens (including phenoxy) is 2. The lowest BCUT2D eigenvalue weighted by molar-refractivity contribution is -0.148. The summed E-state index contributed by atoms with van der Waals surface area (Å²) in [5, 5.41) is 3.18. The van der Waals surface area contributed by atoms with Crippen molar-refractivity contribution >= 4 is 34.5 Å². The molecular weight excluding hydrogens is 393 g/mol. The van der Waals surface area contributed by atoms with Crippen LogP contribution < -0.4 is 5.32 Å². The van der Waals surface area contributed by atoms with Crippen molar-refractivity contribution in [2.24, 2.45) is 0 Å². The summed E-state index contributed by atoms with van der Waals surface area (Å²) < 4.78 is 29.6. The first-order chi connectivity index (χ1) is 14.5. The van der Waals surface area contributed by atoms with Crippen molar-refractivity contribution in [1.29, 1.82) is 0 Å². The number of hydrogen-bond donors (Lipinski definition) is 1. The molecular formula is C22H18FNO6. The van der Waals surface area contributed by atoms with Gasteiger partial charge in [0.15, 0.2) is 0 Å². The number of hydrogen-bond acceptors (Lipinski definition) is 6.